The summed E-state index contributed by atoms with van der Waals surface area (Å²) < 4.78 is 1.85. The van der Waals surface area contributed by atoms with Crippen LogP contribution in [-0.2, 0) is 11.3 Å². The molecular weight excluding hydrogens is 406 g/mol. The first-order valence-electron chi connectivity index (χ1n) is 9.49. The van der Waals surface area contributed by atoms with Gasteiger partial charge >= 0.3 is 0 Å². The molecule has 1 N–H and O–H groups in total. The number of nitrogens with zero attached hydrogens (tertiary/aromatic N) is 4. The van der Waals surface area contributed by atoms with Gasteiger partial charge in [-0.1, -0.05) is 29.0 Å². The molecule has 0 saturated carbocycles. The topological polar surface area (TPSA) is 80.1 Å². The van der Waals surface area contributed by atoms with Crippen molar-refractivity contribution in [1.29, 1.82) is 0 Å². The fourth-order valence-corrected chi connectivity index (χ4v) is 5.47. The Kier molecular flexibility index (Phi) is 5.60. The van der Waals surface area contributed by atoms with Gasteiger partial charge < -0.3 is 10.2 Å². The number of carbonyl (C=O) groups is 1. The average Bonchev–Trinajstić information content (AvgIpc) is 3.13. The van der Waals surface area contributed by atoms with Gasteiger partial charge in [0.05, 0.1) is 0 Å². The number of hydrogen-bond donors (Lipinski definition) is 1. The molecule has 3 heterocycles. The summed E-state index contributed by atoms with van der Waals surface area (Å²) in [5, 5.41) is 3.77. The third-order valence-electron chi connectivity index (χ3n) is 4.91. The number of thioether (sulfide) groups is 1. The number of nitrogens with one attached hydrogen (secondary N) is 1. The predicted molar refractivity (Wildman–Crippen MR) is 120 cm³/mol. The molecule has 0 aliphatic carbocycles. The van der Waals surface area contributed by atoms with Gasteiger partial charge in [0, 0.05) is 30.3 Å². The van der Waals surface area contributed by atoms with Crippen molar-refractivity contribution in [3.8, 4) is 0 Å². The summed E-state index contributed by atoms with van der Waals surface area (Å²) in [6.07, 6.45) is 1.41. The second-order valence-electron chi connectivity index (χ2n) is 7.25. The first-order chi connectivity index (χ1) is 13.9. The number of anilines is 2. The number of rotatable bonds is 4. The molecule has 0 radical (unpaired) electrons. The molecule has 29 heavy (non-hydrogen) atoms. The summed E-state index contributed by atoms with van der Waals surface area (Å²) >= 11 is 3.29. The van der Waals surface area contributed by atoms with Crippen LogP contribution < -0.4 is 15.8 Å². The lowest BCUT2D eigenvalue weighted by atomic mass is 10.1. The smallest absolute Gasteiger partial charge is 0.273 e. The lowest BCUT2D eigenvalue weighted by Crippen LogP contribution is -2.32. The van der Waals surface area contributed by atoms with Crippen molar-refractivity contribution in [3.63, 3.8) is 0 Å². The summed E-state index contributed by atoms with van der Waals surface area (Å²) in [6, 6.07) is 4.06. The number of aromatic nitrogens is 3. The van der Waals surface area contributed by atoms with E-state index in [1.165, 1.54) is 22.2 Å². The van der Waals surface area contributed by atoms with Gasteiger partial charge in [0.25, 0.3) is 5.56 Å². The number of hydrogen-bond acceptors (Lipinski definition) is 7. The van der Waals surface area contributed by atoms with E-state index in [0.717, 1.165) is 52.1 Å². The quantitative estimate of drug-likeness (QED) is 0.687. The van der Waals surface area contributed by atoms with E-state index < -0.39 is 0 Å². The number of aryl methyl sites for hydroxylation is 3. The first kappa shape index (κ1) is 19.9. The van der Waals surface area contributed by atoms with Gasteiger partial charge in [0.2, 0.25) is 5.91 Å². The minimum Gasteiger partial charge on any atom is -0.346 e. The number of benzene rings is 1. The highest BCUT2D eigenvalue weighted by Gasteiger charge is 2.19. The Labute approximate surface area is 177 Å². The zero-order chi connectivity index (χ0) is 20.5. The standard InChI is InChI=1S/C20H23N5O2S2/c1-12-8-13(2)16(14(3)9-12)22-15(26)10-25-11-21-18-17(19(25)27)29-20(23-18)24-4-6-28-7-5-24/h8-9,11H,4-7,10H2,1-3H3,(H,22,26). The minimum absolute atomic E-state index is 0.0812. The third kappa shape index (κ3) is 4.16. The Hall–Kier alpha value is -2.39. The lowest BCUT2D eigenvalue weighted by molar-refractivity contribution is -0.116. The third-order valence-corrected chi connectivity index (χ3v) is 6.95. The molecule has 7 nitrogen and oxygen atoms in total. The molecule has 1 aliphatic rings. The van der Waals surface area contributed by atoms with Crippen molar-refractivity contribution in [2.75, 3.05) is 34.8 Å². The van der Waals surface area contributed by atoms with Crippen LogP contribution in [0, 0.1) is 20.8 Å². The van der Waals surface area contributed by atoms with E-state index >= 15 is 0 Å². The van der Waals surface area contributed by atoms with E-state index in [9.17, 15) is 9.59 Å². The average molecular weight is 430 g/mol. The van der Waals surface area contributed by atoms with Crippen molar-refractivity contribution in [2.24, 2.45) is 0 Å². The summed E-state index contributed by atoms with van der Waals surface area (Å²) in [7, 11) is 0. The van der Waals surface area contributed by atoms with Crippen LogP contribution in [0.4, 0.5) is 10.8 Å². The summed E-state index contributed by atoms with van der Waals surface area (Å²) in [6.45, 7) is 7.73. The maximum atomic E-state index is 12.9. The van der Waals surface area contributed by atoms with Crippen LogP contribution in [0.2, 0.25) is 0 Å². The van der Waals surface area contributed by atoms with Crippen LogP contribution in [0.3, 0.4) is 0 Å². The lowest BCUT2D eigenvalue weighted by Gasteiger charge is -2.25. The van der Waals surface area contributed by atoms with Gasteiger partial charge in [-0.3, -0.25) is 14.2 Å². The molecule has 1 saturated heterocycles. The first-order valence-corrected chi connectivity index (χ1v) is 11.5. The van der Waals surface area contributed by atoms with Crippen LogP contribution >= 0.6 is 23.1 Å². The van der Waals surface area contributed by atoms with Crippen LogP contribution in [-0.4, -0.2) is 45.0 Å². The molecule has 4 rings (SSSR count). The Balaban J connectivity index is 1.56. The van der Waals surface area contributed by atoms with E-state index in [4.69, 9.17) is 0 Å². The molecule has 152 valence electrons. The molecule has 0 unspecified atom stereocenters. The fraction of sp³-hybridized carbons (Fsp3) is 0.400. The van der Waals surface area contributed by atoms with Gasteiger partial charge in [0.15, 0.2) is 10.8 Å². The van der Waals surface area contributed by atoms with E-state index in [1.807, 2.05) is 44.7 Å². The van der Waals surface area contributed by atoms with Gasteiger partial charge in [0.1, 0.15) is 17.6 Å². The predicted octanol–water partition coefficient (Wildman–Crippen LogP) is 2.97. The second-order valence-corrected chi connectivity index (χ2v) is 9.45. The highest BCUT2D eigenvalue weighted by molar-refractivity contribution is 7.99. The molecule has 3 aromatic rings. The van der Waals surface area contributed by atoms with Crippen molar-refractivity contribution in [1.82, 2.24) is 14.5 Å². The van der Waals surface area contributed by atoms with E-state index in [0.29, 0.717) is 10.3 Å². The molecule has 0 spiro atoms. The van der Waals surface area contributed by atoms with Crippen molar-refractivity contribution >= 4 is 50.2 Å². The summed E-state index contributed by atoms with van der Waals surface area (Å²) in [5.41, 5.74) is 4.18. The van der Waals surface area contributed by atoms with Crippen LogP contribution in [0.1, 0.15) is 16.7 Å². The Morgan fingerprint density at radius 2 is 1.86 bits per heavy atom. The highest BCUT2D eigenvalue weighted by Crippen LogP contribution is 2.27. The van der Waals surface area contributed by atoms with E-state index in [-0.39, 0.29) is 18.0 Å². The molecule has 1 aromatic carbocycles. The number of fused-ring (bicyclic) bond motifs is 1. The fourth-order valence-electron chi connectivity index (χ4n) is 3.55. The minimum atomic E-state index is -0.249. The number of thiazole rings is 1. The van der Waals surface area contributed by atoms with Gasteiger partial charge in [-0.15, -0.1) is 0 Å². The Morgan fingerprint density at radius 1 is 1.17 bits per heavy atom. The zero-order valence-corrected chi connectivity index (χ0v) is 18.3. The second kappa shape index (κ2) is 8.16. The Bertz CT molecular complexity index is 1110. The van der Waals surface area contributed by atoms with E-state index in [2.05, 4.69) is 20.2 Å². The Morgan fingerprint density at radius 3 is 2.55 bits per heavy atom. The monoisotopic (exact) mass is 429 g/mol. The molecule has 9 heteroatoms. The number of carbonyl (C=O) groups excluding carboxylic acids is 1. The van der Waals surface area contributed by atoms with Gasteiger partial charge in [-0.25, -0.2) is 4.98 Å². The van der Waals surface area contributed by atoms with Crippen molar-refractivity contribution in [2.45, 2.75) is 27.3 Å². The maximum absolute atomic E-state index is 12.9. The molecule has 1 amide bonds. The van der Waals surface area contributed by atoms with Crippen molar-refractivity contribution < 1.29 is 4.79 Å². The molecular formula is C20H23N5O2S2. The van der Waals surface area contributed by atoms with Gasteiger partial charge in [-0.2, -0.15) is 16.7 Å². The molecule has 0 bridgehead atoms. The SMILES string of the molecule is Cc1cc(C)c(NC(=O)Cn2cnc3nc(N4CCSCC4)sc3c2=O)c(C)c1. The van der Waals surface area contributed by atoms with E-state index in [1.54, 1.807) is 0 Å². The molecule has 2 aromatic heterocycles. The molecule has 1 aliphatic heterocycles. The van der Waals surface area contributed by atoms with Crippen LogP contribution in [0.5, 0.6) is 0 Å². The largest absolute Gasteiger partial charge is 0.346 e. The zero-order valence-electron chi connectivity index (χ0n) is 16.7. The molecule has 0 atom stereocenters. The highest BCUT2D eigenvalue weighted by atomic mass is 32.2. The number of amides is 1. The van der Waals surface area contributed by atoms with Gasteiger partial charge in [-0.05, 0) is 31.9 Å². The van der Waals surface area contributed by atoms with Crippen LogP contribution in [0.25, 0.3) is 10.3 Å². The van der Waals surface area contributed by atoms with Crippen molar-refractivity contribution in [3.05, 3.63) is 45.5 Å². The summed E-state index contributed by atoms with van der Waals surface area (Å²) in [5.74, 6) is 1.87. The molecule has 1 fully saturated rings. The normalized spacial score (nSPS) is 14.4. The summed E-state index contributed by atoms with van der Waals surface area (Å²) in [4.78, 5) is 36.5. The van der Waals surface area contributed by atoms with Crippen LogP contribution in [0.15, 0.2) is 23.3 Å². The maximum Gasteiger partial charge on any atom is 0.273 e.